The molecule has 5 atom stereocenters. The molecule has 0 spiro atoms. The molecule has 2 saturated heterocycles. The van der Waals surface area contributed by atoms with E-state index in [1.807, 2.05) is 0 Å². The maximum absolute atomic E-state index is 11.9. The molecule has 100 valence electrons. The first-order valence-electron chi connectivity index (χ1n) is 6.34. The third-order valence-corrected chi connectivity index (χ3v) is 3.75. The average molecular weight is 252 g/mol. The van der Waals surface area contributed by atoms with E-state index in [4.69, 9.17) is 9.47 Å². The molecule has 0 bridgehead atoms. The van der Waals surface area contributed by atoms with E-state index in [1.54, 1.807) is 12.2 Å². The summed E-state index contributed by atoms with van der Waals surface area (Å²) in [6, 6.07) is 0. The smallest absolute Gasteiger partial charge is 0.144 e. The van der Waals surface area contributed by atoms with Gasteiger partial charge in [-0.25, -0.2) is 0 Å². The molecule has 4 heteroatoms. The van der Waals surface area contributed by atoms with Crippen LogP contribution in [0.4, 0.5) is 0 Å². The summed E-state index contributed by atoms with van der Waals surface area (Å²) < 4.78 is 11.3. The summed E-state index contributed by atoms with van der Waals surface area (Å²) >= 11 is 0. The van der Waals surface area contributed by atoms with Gasteiger partial charge in [0.25, 0.3) is 0 Å². The van der Waals surface area contributed by atoms with Gasteiger partial charge in [-0.3, -0.25) is 4.79 Å². The Kier molecular flexibility index (Phi) is 4.32. The molecule has 2 aliphatic heterocycles. The molecule has 2 aliphatic rings. The van der Waals surface area contributed by atoms with Crippen molar-refractivity contribution in [2.24, 2.45) is 11.8 Å². The zero-order valence-electron chi connectivity index (χ0n) is 10.5. The Hall–Kier alpha value is -0.970. The molecule has 0 saturated carbocycles. The molecule has 1 N–H and O–H groups in total. The van der Waals surface area contributed by atoms with Crippen molar-refractivity contribution in [3.8, 4) is 0 Å². The number of aliphatic hydroxyl groups excluding tert-OH is 1. The number of Topliss-reactive ketones (excluding diaryl/α,β-unsaturated/α-hetero) is 1. The van der Waals surface area contributed by atoms with Crippen molar-refractivity contribution in [2.45, 2.75) is 31.2 Å². The number of ketones is 1. The quantitative estimate of drug-likeness (QED) is 0.719. The van der Waals surface area contributed by atoms with E-state index in [-0.39, 0.29) is 29.8 Å². The second-order valence-corrected chi connectivity index (χ2v) is 4.92. The van der Waals surface area contributed by atoms with Crippen molar-refractivity contribution >= 4 is 5.78 Å². The first-order chi connectivity index (χ1) is 8.69. The number of rotatable bonds is 6. The first kappa shape index (κ1) is 13.5. The summed E-state index contributed by atoms with van der Waals surface area (Å²) in [5, 5.41) is 9.99. The lowest BCUT2D eigenvalue weighted by atomic mass is 9.89. The van der Waals surface area contributed by atoms with Gasteiger partial charge in [-0.1, -0.05) is 12.2 Å². The van der Waals surface area contributed by atoms with Gasteiger partial charge < -0.3 is 14.6 Å². The van der Waals surface area contributed by atoms with Crippen LogP contribution in [0.1, 0.15) is 12.8 Å². The maximum atomic E-state index is 11.9. The lowest BCUT2D eigenvalue weighted by Crippen LogP contribution is -2.34. The number of carbonyl (C=O) groups is 1. The lowest BCUT2D eigenvalue weighted by molar-refractivity contribution is -0.124. The standard InChI is InChI=1S/C14H20O4/c1-3-5-11(15)9-7-17-14-10(8-18-13(9)14)12(16)6-4-2/h3-4,9-11,13-15H,1-2,5-8H2/t9-,10+,11+,13-,14-/m1/s1. The van der Waals surface area contributed by atoms with E-state index in [0.29, 0.717) is 26.1 Å². The topological polar surface area (TPSA) is 55.8 Å². The highest BCUT2D eigenvalue weighted by molar-refractivity contribution is 5.83. The molecule has 0 aromatic rings. The monoisotopic (exact) mass is 252 g/mol. The average Bonchev–Trinajstić information content (AvgIpc) is 2.89. The van der Waals surface area contributed by atoms with Crippen molar-refractivity contribution in [1.29, 1.82) is 0 Å². The molecule has 2 heterocycles. The van der Waals surface area contributed by atoms with Gasteiger partial charge in [-0.2, -0.15) is 0 Å². The number of allylic oxidation sites excluding steroid dienone is 1. The van der Waals surface area contributed by atoms with E-state index < -0.39 is 6.10 Å². The van der Waals surface area contributed by atoms with Crippen LogP contribution in [0.3, 0.4) is 0 Å². The molecular weight excluding hydrogens is 232 g/mol. The maximum Gasteiger partial charge on any atom is 0.144 e. The number of hydrogen-bond donors (Lipinski definition) is 1. The molecular formula is C14H20O4. The minimum atomic E-state index is -0.509. The summed E-state index contributed by atoms with van der Waals surface area (Å²) in [5.41, 5.74) is 0. The zero-order chi connectivity index (χ0) is 13.1. The summed E-state index contributed by atoms with van der Waals surface area (Å²) in [6.07, 6.45) is 3.28. The molecule has 4 nitrogen and oxygen atoms in total. The second-order valence-electron chi connectivity index (χ2n) is 4.92. The van der Waals surface area contributed by atoms with Crippen molar-refractivity contribution < 1.29 is 19.4 Å². The second kappa shape index (κ2) is 5.78. The highest BCUT2D eigenvalue weighted by Gasteiger charge is 2.51. The molecule has 0 unspecified atom stereocenters. The molecule has 2 rings (SSSR count). The van der Waals surface area contributed by atoms with E-state index >= 15 is 0 Å². The van der Waals surface area contributed by atoms with Crippen LogP contribution in [0.2, 0.25) is 0 Å². The normalized spacial score (nSPS) is 36.1. The van der Waals surface area contributed by atoms with Crippen molar-refractivity contribution in [3.63, 3.8) is 0 Å². The van der Waals surface area contributed by atoms with Gasteiger partial charge in [0.05, 0.1) is 37.4 Å². The van der Waals surface area contributed by atoms with E-state index in [9.17, 15) is 9.90 Å². The molecule has 0 aliphatic carbocycles. The predicted molar refractivity (Wildman–Crippen MR) is 67.1 cm³/mol. The number of ether oxygens (including phenoxy) is 2. The van der Waals surface area contributed by atoms with Crippen LogP contribution in [0.25, 0.3) is 0 Å². The van der Waals surface area contributed by atoms with E-state index in [0.717, 1.165) is 0 Å². The number of aliphatic hydroxyl groups is 1. The Morgan fingerprint density at radius 1 is 1.28 bits per heavy atom. The number of fused-ring (bicyclic) bond motifs is 1. The summed E-state index contributed by atoms with van der Waals surface area (Å²) in [5.74, 6) is -0.167. The minimum absolute atomic E-state index is 0.0606. The molecule has 0 radical (unpaired) electrons. The van der Waals surface area contributed by atoms with Gasteiger partial charge in [0, 0.05) is 12.3 Å². The van der Waals surface area contributed by atoms with Gasteiger partial charge >= 0.3 is 0 Å². The van der Waals surface area contributed by atoms with Crippen molar-refractivity contribution in [3.05, 3.63) is 25.3 Å². The lowest BCUT2D eigenvalue weighted by Gasteiger charge is -2.20. The molecule has 18 heavy (non-hydrogen) atoms. The Labute approximate surface area is 107 Å². The summed E-state index contributed by atoms with van der Waals surface area (Å²) in [7, 11) is 0. The predicted octanol–water partition coefficient (Wildman–Crippen LogP) is 1.10. The van der Waals surface area contributed by atoms with Crippen LogP contribution in [-0.4, -0.2) is 42.4 Å². The van der Waals surface area contributed by atoms with Gasteiger partial charge in [0.2, 0.25) is 0 Å². The number of carbonyl (C=O) groups excluding carboxylic acids is 1. The van der Waals surface area contributed by atoms with E-state index in [1.165, 1.54) is 0 Å². The van der Waals surface area contributed by atoms with Gasteiger partial charge in [0.1, 0.15) is 5.78 Å². The minimum Gasteiger partial charge on any atom is -0.392 e. The Balaban J connectivity index is 2.00. The highest BCUT2D eigenvalue weighted by Crippen LogP contribution is 2.37. The fraction of sp³-hybridized carbons (Fsp3) is 0.643. The van der Waals surface area contributed by atoms with Crippen LogP contribution in [0.15, 0.2) is 25.3 Å². The zero-order valence-corrected chi connectivity index (χ0v) is 10.5. The van der Waals surface area contributed by atoms with Gasteiger partial charge in [0.15, 0.2) is 0 Å². The summed E-state index contributed by atoms with van der Waals surface area (Å²) in [6.45, 7) is 8.02. The first-order valence-corrected chi connectivity index (χ1v) is 6.34. The highest BCUT2D eigenvalue weighted by atomic mass is 16.6. The van der Waals surface area contributed by atoms with Crippen LogP contribution in [0, 0.1) is 11.8 Å². The van der Waals surface area contributed by atoms with Crippen LogP contribution in [-0.2, 0) is 14.3 Å². The van der Waals surface area contributed by atoms with Gasteiger partial charge in [-0.05, 0) is 6.42 Å². The SMILES string of the molecule is C=CCC(=O)[C@@H]1CO[C@@H]2[C@@H]([C@@H](O)CC=C)CO[C@@H]21. The fourth-order valence-electron chi connectivity index (χ4n) is 2.77. The van der Waals surface area contributed by atoms with Gasteiger partial charge in [-0.15, -0.1) is 13.2 Å². The molecule has 0 aromatic carbocycles. The Morgan fingerprint density at radius 2 is 2.00 bits per heavy atom. The number of hydrogen-bond acceptors (Lipinski definition) is 4. The Bertz CT molecular complexity index is 339. The third-order valence-electron chi connectivity index (χ3n) is 3.75. The van der Waals surface area contributed by atoms with Crippen LogP contribution in [0.5, 0.6) is 0 Å². The van der Waals surface area contributed by atoms with Crippen molar-refractivity contribution in [1.82, 2.24) is 0 Å². The largest absolute Gasteiger partial charge is 0.392 e. The van der Waals surface area contributed by atoms with Crippen molar-refractivity contribution in [2.75, 3.05) is 13.2 Å². The Morgan fingerprint density at radius 3 is 2.67 bits per heavy atom. The summed E-state index contributed by atoms with van der Waals surface area (Å²) in [4.78, 5) is 11.9. The fourth-order valence-corrected chi connectivity index (χ4v) is 2.77. The molecule has 0 aromatic heterocycles. The van der Waals surface area contributed by atoms with Crippen LogP contribution < -0.4 is 0 Å². The third kappa shape index (κ3) is 2.41. The molecule has 0 amide bonds. The molecule has 2 fully saturated rings. The van der Waals surface area contributed by atoms with Crippen LogP contribution >= 0.6 is 0 Å². The van der Waals surface area contributed by atoms with E-state index in [2.05, 4.69) is 13.2 Å².